The third-order valence-corrected chi connectivity index (χ3v) is 4.38. The van der Waals surface area contributed by atoms with Crippen molar-refractivity contribution in [1.82, 2.24) is 0 Å². The van der Waals surface area contributed by atoms with E-state index >= 15 is 0 Å². The van der Waals surface area contributed by atoms with E-state index in [9.17, 15) is 13.0 Å². The molecule has 1 N–H and O–H groups in total. The van der Waals surface area contributed by atoms with Crippen LogP contribution < -0.4 is 4.74 Å². The third kappa shape index (κ3) is 4.09. The summed E-state index contributed by atoms with van der Waals surface area (Å²) in [6.07, 6.45) is 0.264. The molecule has 0 aliphatic rings. The Labute approximate surface area is 135 Å². The molecule has 5 nitrogen and oxygen atoms in total. The van der Waals surface area contributed by atoms with Gasteiger partial charge in [-0.05, 0) is 60.9 Å². The predicted molar refractivity (Wildman–Crippen MR) is 85.8 cm³/mol. The zero-order valence-electron chi connectivity index (χ0n) is 12.9. The number of hydrogen-bond donors (Lipinski definition) is 1. The second-order valence-corrected chi connectivity index (χ2v) is 6.57. The van der Waals surface area contributed by atoms with E-state index in [1.54, 1.807) is 30.3 Å². The van der Waals surface area contributed by atoms with Gasteiger partial charge in [-0.1, -0.05) is 13.0 Å². The van der Waals surface area contributed by atoms with Gasteiger partial charge in [-0.3, -0.25) is 4.55 Å². The van der Waals surface area contributed by atoms with E-state index in [0.717, 1.165) is 5.56 Å². The lowest BCUT2D eigenvalue weighted by Gasteiger charge is -2.20. The molecule has 23 heavy (non-hydrogen) atoms. The largest absolute Gasteiger partial charge is 0.486 e. The molecule has 2 rings (SSSR count). The van der Waals surface area contributed by atoms with Gasteiger partial charge in [0.15, 0.2) is 0 Å². The molecule has 0 amide bonds. The summed E-state index contributed by atoms with van der Waals surface area (Å²) in [5.74, 6) is 0.590. The molecule has 1 atom stereocenters. The van der Waals surface area contributed by atoms with Gasteiger partial charge in [-0.25, -0.2) is 0 Å². The minimum Gasteiger partial charge on any atom is -0.486 e. The lowest BCUT2D eigenvalue weighted by Crippen LogP contribution is -2.10. The molecule has 0 aliphatic carbocycles. The SMILES string of the molecule is CCC(Oc1ccc(C#N)cc1)c1cc(S(=O)(=O)O)ccc1C. The fourth-order valence-electron chi connectivity index (χ4n) is 2.26. The highest BCUT2D eigenvalue weighted by Crippen LogP contribution is 2.29. The molecular formula is C17H17NO4S. The molecule has 2 aromatic carbocycles. The molecule has 0 saturated carbocycles. The molecule has 2 aromatic rings. The van der Waals surface area contributed by atoms with E-state index < -0.39 is 10.1 Å². The van der Waals surface area contributed by atoms with Crippen molar-refractivity contribution in [2.24, 2.45) is 0 Å². The van der Waals surface area contributed by atoms with Gasteiger partial charge in [-0.15, -0.1) is 0 Å². The molecule has 0 radical (unpaired) electrons. The Kier molecular flexibility index (Phi) is 5.04. The first-order valence-electron chi connectivity index (χ1n) is 7.10. The average Bonchev–Trinajstić information content (AvgIpc) is 2.53. The highest BCUT2D eigenvalue weighted by Gasteiger charge is 2.18. The number of rotatable bonds is 5. The number of nitrogens with zero attached hydrogens (tertiary/aromatic N) is 1. The molecule has 0 fully saturated rings. The van der Waals surface area contributed by atoms with Crippen molar-refractivity contribution in [3.8, 4) is 11.8 Å². The van der Waals surface area contributed by atoms with E-state index in [-0.39, 0.29) is 11.0 Å². The summed E-state index contributed by atoms with van der Waals surface area (Å²) in [7, 11) is -4.26. The van der Waals surface area contributed by atoms with Gasteiger partial charge in [0.05, 0.1) is 16.5 Å². The first-order valence-corrected chi connectivity index (χ1v) is 8.54. The van der Waals surface area contributed by atoms with Crippen LogP contribution >= 0.6 is 0 Å². The summed E-state index contributed by atoms with van der Waals surface area (Å²) in [5, 5.41) is 8.81. The van der Waals surface area contributed by atoms with Crippen molar-refractivity contribution in [3.05, 3.63) is 59.2 Å². The van der Waals surface area contributed by atoms with Crippen LogP contribution in [0.25, 0.3) is 0 Å². The van der Waals surface area contributed by atoms with Gasteiger partial charge in [0.2, 0.25) is 0 Å². The topological polar surface area (TPSA) is 87.4 Å². The maximum Gasteiger partial charge on any atom is 0.294 e. The molecule has 0 aromatic heterocycles. The number of hydrogen-bond acceptors (Lipinski definition) is 4. The van der Waals surface area contributed by atoms with Crippen LogP contribution in [0.1, 0.15) is 36.1 Å². The van der Waals surface area contributed by atoms with Crippen LogP contribution in [0.2, 0.25) is 0 Å². The van der Waals surface area contributed by atoms with Crippen LogP contribution in [0.5, 0.6) is 5.75 Å². The summed E-state index contributed by atoms with van der Waals surface area (Å²) in [5.41, 5.74) is 2.11. The first kappa shape index (κ1) is 17.0. The molecular weight excluding hydrogens is 314 g/mol. The molecule has 0 saturated heterocycles. The lowest BCUT2D eigenvalue weighted by atomic mass is 10.0. The van der Waals surface area contributed by atoms with E-state index in [4.69, 9.17) is 10.00 Å². The standard InChI is InChI=1S/C17H17NO4S/c1-3-17(22-14-7-5-13(11-18)6-8-14)16-10-15(23(19,20)21)9-4-12(16)2/h4-10,17H,3H2,1-2H3,(H,19,20,21). The van der Waals surface area contributed by atoms with E-state index in [1.165, 1.54) is 12.1 Å². The lowest BCUT2D eigenvalue weighted by molar-refractivity contribution is 0.200. The van der Waals surface area contributed by atoms with E-state index in [0.29, 0.717) is 23.3 Å². The van der Waals surface area contributed by atoms with Crippen molar-refractivity contribution in [2.75, 3.05) is 0 Å². The van der Waals surface area contributed by atoms with Crippen LogP contribution in [0, 0.1) is 18.3 Å². The fraction of sp³-hybridized carbons (Fsp3) is 0.235. The second-order valence-electron chi connectivity index (χ2n) is 5.14. The summed E-state index contributed by atoms with van der Waals surface area (Å²) in [6.45, 7) is 3.78. The smallest absolute Gasteiger partial charge is 0.294 e. The molecule has 0 bridgehead atoms. The van der Waals surface area contributed by atoms with Crippen LogP contribution in [-0.4, -0.2) is 13.0 Å². The van der Waals surface area contributed by atoms with E-state index in [1.807, 2.05) is 19.9 Å². The third-order valence-electron chi connectivity index (χ3n) is 3.53. The first-order chi connectivity index (χ1) is 10.8. The highest BCUT2D eigenvalue weighted by atomic mass is 32.2. The number of nitriles is 1. The minimum absolute atomic E-state index is 0.153. The highest BCUT2D eigenvalue weighted by molar-refractivity contribution is 7.85. The Morgan fingerprint density at radius 2 is 1.87 bits per heavy atom. The average molecular weight is 331 g/mol. The molecule has 0 aliphatic heterocycles. The number of aryl methyl sites for hydroxylation is 1. The number of ether oxygens (including phenoxy) is 1. The van der Waals surface area contributed by atoms with Crippen LogP contribution in [-0.2, 0) is 10.1 Å². The maximum absolute atomic E-state index is 11.3. The van der Waals surface area contributed by atoms with Gasteiger partial charge in [0.25, 0.3) is 10.1 Å². The van der Waals surface area contributed by atoms with Gasteiger partial charge in [-0.2, -0.15) is 13.7 Å². The summed E-state index contributed by atoms with van der Waals surface area (Å²) in [4.78, 5) is -0.153. The van der Waals surface area contributed by atoms with Crippen molar-refractivity contribution in [3.63, 3.8) is 0 Å². The molecule has 1 unspecified atom stereocenters. The van der Waals surface area contributed by atoms with E-state index in [2.05, 4.69) is 0 Å². The Hall–Kier alpha value is -2.36. The molecule has 0 heterocycles. The van der Waals surface area contributed by atoms with Crippen molar-refractivity contribution in [1.29, 1.82) is 5.26 Å². The van der Waals surface area contributed by atoms with Crippen molar-refractivity contribution in [2.45, 2.75) is 31.3 Å². The maximum atomic E-state index is 11.3. The van der Waals surface area contributed by atoms with Gasteiger partial charge >= 0.3 is 0 Å². The molecule has 0 spiro atoms. The molecule has 120 valence electrons. The predicted octanol–water partition coefficient (Wildman–Crippen LogP) is 3.64. The van der Waals surface area contributed by atoms with Gasteiger partial charge < -0.3 is 4.74 Å². The van der Waals surface area contributed by atoms with Crippen molar-refractivity contribution >= 4 is 10.1 Å². The zero-order chi connectivity index (χ0) is 17.0. The van der Waals surface area contributed by atoms with Gasteiger partial charge in [0.1, 0.15) is 11.9 Å². The quantitative estimate of drug-likeness (QED) is 0.845. The Bertz CT molecular complexity index is 836. The van der Waals surface area contributed by atoms with Gasteiger partial charge in [0, 0.05) is 0 Å². The summed E-state index contributed by atoms with van der Waals surface area (Å²) >= 11 is 0. The normalized spacial score (nSPS) is 12.4. The fourth-order valence-corrected chi connectivity index (χ4v) is 2.78. The Morgan fingerprint density at radius 1 is 1.22 bits per heavy atom. The van der Waals surface area contributed by atoms with Crippen LogP contribution in [0.4, 0.5) is 0 Å². The molecule has 6 heteroatoms. The number of benzene rings is 2. The van der Waals surface area contributed by atoms with Crippen LogP contribution in [0.3, 0.4) is 0 Å². The summed E-state index contributed by atoms with van der Waals surface area (Å²) in [6, 6.07) is 13.2. The Balaban J connectivity index is 2.35. The zero-order valence-corrected chi connectivity index (χ0v) is 13.7. The minimum atomic E-state index is -4.26. The Morgan fingerprint density at radius 3 is 2.39 bits per heavy atom. The van der Waals surface area contributed by atoms with Crippen LogP contribution in [0.15, 0.2) is 47.4 Å². The second kappa shape index (κ2) is 6.82. The van der Waals surface area contributed by atoms with Crippen molar-refractivity contribution < 1.29 is 17.7 Å². The monoisotopic (exact) mass is 331 g/mol. The summed E-state index contributed by atoms with van der Waals surface area (Å²) < 4.78 is 37.8.